The summed E-state index contributed by atoms with van der Waals surface area (Å²) >= 11 is 6.13. The van der Waals surface area contributed by atoms with Crippen molar-refractivity contribution in [2.45, 2.75) is 31.6 Å². The predicted molar refractivity (Wildman–Crippen MR) is 127 cm³/mol. The molecule has 180 valence electrons. The van der Waals surface area contributed by atoms with Gasteiger partial charge in [0.15, 0.2) is 0 Å². The normalized spacial score (nSPS) is 16.8. The highest BCUT2D eigenvalue weighted by molar-refractivity contribution is 7.89. The number of nitrogens with zero attached hydrogens (tertiary/aromatic N) is 1. The maximum Gasteiger partial charge on any atom is 0.243 e. The van der Waals surface area contributed by atoms with E-state index in [4.69, 9.17) is 25.8 Å². The van der Waals surface area contributed by atoms with Crippen molar-refractivity contribution in [3.63, 3.8) is 0 Å². The second kappa shape index (κ2) is 10.6. The highest BCUT2D eigenvalue weighted by atomic mass is 35.5. The number of amides is 1. The number of aryl methyl sites for hydroxylation is 1. The SMILES string of the molecule is CCOc1ccc(S(=O)(=O)N2CCC[C@@H](C(=O)Nc3cc(OC)c(Cl)cc3OC)C2)cc1C. The summed E-state index contributed by atoms with van der Waals surface area (Å²) in [5.74, 6) is 0.634. The smallest absolute Gasteiger partial charge is 0.243 e. The Labute approximate surface area is 199 Å². The lowest BCUT2D eigenvalue weighted by Crippen LogP contribution is -2.43. The molecule has 3 rings (SSSR count). The van der Waals surface area contributed by atoms with Crippen LogP contribution in [0.3, 0.4) is 0 Å². The van der Waals surface area contributed by atoms with Gasteiger partial charge in [-0.1, -0.05) is 11.6 Å². The fourth-order valence-corrected chi connectivity index (χ4v) is 5.66. The van der Waals surface area contributed by atoms with Gasteiger partial charge in [-0.25, -0.2) is 8.42 Å². The van der Waals surface area contributed by atoms with E-state index in [9.17, 15) is 13.2 Å². The van der Waals surface area contributed by atoms with Crippen molar-refractivity contribution >= 4 is 33.2 Å². The van der Waals surface area contributed by atoms with Crippen LogP contribution in [0, 0.1) is 12.8 Å². The Balaban J connectivity index is 1.77. The molecule has 0 unspecified atom stereocenters. The van der Waals surface area contributed by atoms with Gasteiger partial charge in [-0.3, -0.25) is 4.79 Å². The molecular weight excluding hydrogens is 468 g/mol. The Morgan fingerprint density at radius 1 is 1.15 bits per heavy atom. The number of benzene rings is 2. The summed E-state index contributed by atoms with van der Waals surface area (Å²) in [4.78, 5) is 13.2. The monoisotopic (exact) mass is 496 g/mol. The number of hydrogen-bond donors (Lipinski definition) is 1. The molecule has 0 aromatic heterocycles. The third kappa shape index (κ3) is 5.54. The molecule has 1 heterocycles. The lowest BCUT2D eigenvalue weighted by Gasteiger charge is -2.31. The molecule has 0 bridgehead atoms. The van der Waals surface area contributed by atoms with Crippen LogP contribution < -0.4 is 19.5 Å². The van der Waals surface area contributed by atoms with Gasteiger partial charge >= 0.3 is 0 Å². The van der Waals surface area contributed by atoms with Crippen LogP contribution in [0.15, 0.2) is 35.2 Å². The number of sulfonamides is 1. The van der Waals surface area contributed by atoms with E-state index in [0.717, 1.165) is 5.56 Å². The molecule has 1 aliphatic rings. The van der Waals surface area contributed by atoms with Crippen molar-refractivity contribution < 1.29 is 27.4 Å². The van der Waals surface area contributed by atoms with E-state index in [2.05, 4.69) is 5.32 Å². The maximum absolute atomic E-state index is 13.3. The van der Waals surface area contributed by atoms with Gasteiger partial charge in [0.05, 0.1) is 42.3 Å². The minimum atomic E-state index is -3.75. The van der Waals surface area contributed by atoms with Crippen molar-refractivity contribution in [3.8, 4) is 17.2 Å². The zero-order chi connectivity index (χ0) is 24.2. The third-order valence-electron chi connectivity index (χ3n) is 5.57. The molecule has 0 radical (unpaired) electrons. The van der Waals surface area contributed by atoms with Crippen LogP contribution in [-0.4, -0.2) is 52.5 Å². The zero-order valence-electron chi connectivity index (χ0n) is 19.2. The van der Waals surface area contributed by atoms with Crippen LogP contribution >= 0.6 is 11.6 Å². The van der Waals surface area contributed by atoms with Gasteiger partial charge in [-0.2, -0.15) is 4.31 Å². The first-order valence-electron chi connectivity index (χ1n) is 10.7. The number of halogens is 1. The number of carbonyl (C=O) groups excluding carboxylic acids is 1. The highest BCUT2D eigenvalue weighted by Gasteiger charge is 2.34. The van der Waals surface area contributed by atoms with Crippen LogP contribution in [0.25, 0.3) is 0 Å². The van der Waals surface area contributed by atoms with E-state index >= 15 is 0 Å². The molecular formula is C23H29ClN2O6S. The van der Waals surface area contributed by atoms with Gasteiger partial charge in [0, 0.05) is 25.2 Å². The first kappa shape index (κ1) is 25.1. The van der Waals surface area contributed by atoms with E-state index in [0.29, 0.717) is 54.0 Å². The molecule has 0 spiro atoms. The Morgan fingerprint density at radius 3 is 2.52 bits per heavy atom. The lowest BCUT2D eigenvalue weighted by molar-refractivity contribution is -0.120. The molecule has 1 fully saturated rings. The predicted octanol–water partition coefficient (Wildman–Crippen LogP) is 4.10. The minimum Gasteiger partial charge on any atom is -0.495 e. The Hall–Kier alpha value is -2.49. The molecule has 1 N–H and O–H groups in total. The van der Waals surface area contributed by atoms with Crippen molar-refractivity contribution in [1.29, 1.82) is 0 Å². The first-order valence-corrected chi connectivity index (χ1v) is 12.5. The Bertz CT molecular complexity index is 1120. The van der Waals surface area contributed by atoms with Crippen molar-refractivity contribution in [2.75, 3.05) is 39.2 Å². The van der Waals surface area contributed by atoms with Crippen LogP contribution in [-0.2, 0) is 14.8 Å². The molecule has 1 saturated heterocycles. The summed E-state index contributed by atoms with van der Waals surface area (Å²) in [5.41, 5.74) is 1.15. The molecule has 2 aromatic carbocycles. The number of rotatable bonds is 8. The van der Waals surface area contributed by atoms with E-state index in [-0.39, 0.29) is 17.3 Å². The summed E-state index contributed by atoms with van der Waals surface area (Å²) in [6.07, 6.45) is 1.15. The molecule has 1 amide bonds. The average molecular weight is 497 g/mol. The maximum atomic E-state index is 13.3. The molecule has 8 nitrogen and oxygen atoms in total. The molecule has 0 saturated carbocycles. The first-order chi connectivity index (χ1) is 15.7. The highest BCUT2D eigenvalue weighted by Crippen LogP contribution is 2.36. The van der Waals surface area contributed by atoms with Gasteiger partial charge in [-0.15, -0.1) is 0 Å². The third-order valence-corrected chi connectivity index (χ3v) is 7.73. The average Bonchev–Trinajstić information content (AvgIpc) is 2.81. The Kier molecular flexibility index (Phi) is 8.10. The van der Waals surface area contributed by atoms with E-state index in [1.807, 2.05) is 13.8 Å². The van der Waals surface area contributed by atoms with Crippen molar-refractivity contribution in [3.05, 3.63) is 40.9 Å². The summed E-state index contributed by atoms with van der Waals surface area (Å²) in [6.45, 7) is 4.63. The quantitative estimate of drug-likeness (QED) is 0.591. The van der Waals surface area contributed by atoms with E-state index in [1.165, 1.54) is 18.5 Å². The molecule has 2 aromatic rings. The summed E-state index contributed by atoms with van der Waals surface area (Å²) in [6, 6.07) is 7.96. The second-order valence-corrected chi connectivity index (χ2v) is 10.1. The number of ether oxygens (including phenoxy) is 3. The van der Waals surface area contributed by atoms with Crippen LogP contribution in [0.4, 0.5) is 5.69 Å². The number of methoxy groups -OCH3 is 2. The van der Waals surface area contributed by atoms with Gasteiger partial charge < -0.3 is 19.5 Å². The molecule has 1 aliphatic heterocycles. The topological polar surface area (TPSA) is 94.2 Å². The summed E-state index contributed by atoms with van der Waals surface area (Å²) in [5, 5.41) is 3.19. The molecule has 33 heavy (non-hydrogen) atoms. The van der Waals surface area contributed by atoms with E-state index < -0.39 is 15.9 Å². The van der Waals surface area contributed by atoms with Crippen LogP contribution in [0.5, 0.6) is 17.2 Å². The van der Waals surface area contributed by atoms with Gasteiger partial charge in [0.1, 0.15) is 17.2 Å². The number of carbonyl (C=O) groups is 1. The summed E-state index contributed by atoms with van der Waals surface area (Å²) in [7, 11) is -0.797. The standard InChI is InChI=1S/C23H29ClN2O6S/c1-5-32-20-9-8-17(11-15(20)2)33(28,29)26-10-6-7-16(14-26)23(27)25-19-13-21(30-3)18(24)12-22(19)31-4/h8-9,11-13,16H,5-7,10,14H2,1-4H3,(H,25,27)/t16-/m1/s1. The molecule has 0 aliphatic carbocycles. The minimum absolute atomic E-state index is 0.0907. The number of anilines is 1. The Morgan fingerprint density at radius 2 is 1.88 bits per heavy atom. The fraction of sp³-hybridized carbons (Fsp3) is 0.435. The van der Waals surface area contributed by atoms with E-state index in [1.54, 1.807) is 30.3 Å². The summed E-state index contributed by atoms with van der Waals surface area (Å²) < 4.78 is 43.9. The van der Waals surface area contributed by atoms with Crippen molar-refractivity contribution in [2.24, 2.45) is 5.92 Å². The van der Waals surface area contributed by atoms with Gasteiger partial charge in [0.25, 0.3) is 0 Å². The number of piperidine rings is 1. The lowest BCUT2D eigenvalue weighted by atomic mass is 9.98. The number of hydrogen-bond acceptors (Lipinski definition) is 6. The fourth-order valence-electron chi connectivity index (χ4n) is 3.82. The zero-order valence-corrected chi connectivity index (χ0v) is 20.8. The molecule has 1 atom stereocenters. The largest absolute Gasteiger partial charge is 0.495 e. The number of nitrogens with one attached hydrogen (secondary N) is 1. The van der Waals surface area contributed by atoms with Crippen molar-refractivity contribution in [1.82, 2.24) is 4.31 Å². The molecule has 10 heteroatoms. The van der Waals surface area contributed by atoms with Crippen LogP contribution in [0.1, 0.15) is 25.3 Å². The van der Waals surface area contributed by atoms with Gasteiger partial charge in [-0.05, 0) is 50.5 Å². The van der Waals surface area contributed by atoms with Gasteiger partial charge in [0.2, 0.25) is 15.9 Å². The second-order valence-electron chi connectivity index (χ2n) is 7.74. The van der Waals surface area contributed by atoms with Crippen LogP contribution in [0.2, 0.25) is 5.02 Å².